The Morgan fingerprint density at radius 3 is 2.89 bits per heavy atom. The van der Waals surface area contributed by atoms with Gasteiger partial charge >= 0.3 is 5.97 Å². The van der Waals surface area contributed by atoms with Crippen molar-refractivity contribution in [2.24, 2.45) is 5.73 Å². The van der Waals surface area contributed by atoms with Crippen LogP contribution in [-0.2, 0) is 20.8 Å². The molecule has 1 fully saturated rings. The van der Waals surface area contributed by atoms with Gasteiger partial charge in [0.2, 0.25) is 0 Å². The summed E-state index contributed by atoms with van der Waals surface area (Å²) >= 11 is 0. The summed E-state index contributed by atoms with van der Waals surface area (Å²) in [7, 11) is 1.38. The van der Waals surface area contributed by atoms with Crippen LogP contribution in [0.4, 0.5) is 5.82 Å². The predicted octanol–water partition coefficient (Wildman–Crippen LogP) is 1.26. The van der Waals surface area contributed by atoms with Crippen LogP contribution >= 0.6 is 0 Å². The second-order valence-corrected chi connectivity index (χ2v) is 6.31. The number of ether oxygens (including phenoxy) is 2. The molecule has 0 bridgehead atoms. The lowest BCUT2D eigenvalue weighted by molar-refractivity contribution is -0.144. The van der Waals surface area contributed by atoms with Gasteiger partial charge in [-0.1, -0.05) is 12.1 Å². The Hall–Kier alpha value is -2.97. The van der Waals surface area contributed by atoms with Crippen LogP contribution in [0.15, 0.2) is 42.7 Å². The molecule has 0 saturated carbocycles. The molecule has 8 heteroatoms. The zero-order valence-corrected chi connectivity index (χ0v) is 15.0. The molecule has 0 amide bonds. The van der Waals surface area contributed by atoms with Gasteiger partial charge in [0.1, 0.15) is 0 Å². The molecule has 1 atom stereocenters. The molecule has 1 aromatic carbocycles. The fourth-order valence-electron chi connectivity index (χ4n) is 3.32. The first-order valence-corrected chi connectivity index (χ1v) is 8.77. The maximum atomic E-state index is 12.2. The zero-order chi connectivity index (χ0) is 18.8. The summed E-state index contributed by atoms with van der Waals surface area (Å²) < 4.78 is 12.3. The number of nitrogens with two attached hydrogens (primary N) is 1. The fourth-order valence-corrected chi connectivity index (χ4v) is 3.32. The number of hydrogen-bond donors (Lipinski definition) is 1. The van der Waals surface area contributed by atoms with E-state index in [1.165, 1.54) is 7.11 Å². The zero-order valence-electron chi connectivity index (χ0n) is 15.0. The van der Waals surface area contributed by atoms with Crippen LogP contribution in [-0.4, -0.2) is 53.6 Å². The molecule has 1 saturated heterocycles. The highest BCUT2D eigenvalue weighted by Crippen LogP contribution is 2.30. The monoisotopic (exact) mass is 367 g/mol. The van der Waals surface area contributed by atoms with Gasteiger partial charge < -0.3 is 20.1 Å². The molecule has 2 aromatic heterocycles. The van der Waals surface area contributed by atoms with Crippen molar-refractivity contribution in [1.82, 2.24) is 14.8 Å². The van der Waals surface area contributed by atoms with E-state index >= 15 is 0 Å². The van der Waals surface area contributed by atoms with Gasteiger partial charge in [0.25, 0.3) is 0 Å². The maximum absolute atomic E-state index is 12.2. The molecule has 1 aliphatic rings. The van der Waals surface area contributed by atoms with Gasteiger partial charge in [-0.05, 0) is 23.8 Å². The number of benzene rings is 1. The summed E-state index contributed by atoms with van der Waals surface area (Å²) in [5.74, 6) is 0.382. The number of aromatic nitrogens is 3. The topological polar surface area (TPSA) is 95.5 Å². The van der Waals surface area contributed by atoms with Crippen molar-refractivity contribution in [2.75, 3.05) is 31.8 Å². The molecule has 140 valence electrons. The first-order chi connectivity index (χ1) is 13.2. The van der Waals surface area contributed by atoms with Crippen LogP contribution in [0.3, 0.4) is 0 Å². The minimum Gasteiger partial charge on any atom is -0.467 e. The van der Waals surface area contributed by atoms with E-state index in [0.29, 0.717) is 25.5 Å². The number of hydrogen-bond acceptors (Lipinski definition) is 7. The predicted molar refractivity (Wildman–Crippen MR) is 101 cm³/mol. The highest BCUT2D eigenvalue weighted by atomic mass is 16.5. The average molecular weight is 367 g/mol. The number of esters is 1. The number of carbonyl (C=O) groups is 1. The van der Waals surface area contributed by atoms with Crippen molar-refractivity contribution in [3.8, 4) is 5.69 Å². The molecule has 27 heavy (non-hydrogen) atoms. The third-order valence-electron chi connectivity index (χ3n) is 4.75. The van der Waals surface area contributed by atoms with Crippen molar-refractivity contribution in [3.05, 3.63) is 48.3 Å². The van der Waals surface area contributed by atoms with E-state index in [4.69, 9.17) is 20.3 Å². The summed E-state index contributed by atoms with van der Waals surface area (Å²) in [5.41, 5.74) is 8.51. The Kier molecular flexibility index (Phi) is 4.74. The molecule has 2 N–H and O–H groups in total. The highest BCUT2D eigenvalue weighted by molar-refractivity contribution is 5.93. The summed E-state index contributed by atoms with van der Waals surface area (Å²) in [6, 6.07) is 9.29. The fraction of sp³-hybridized carbons (Fsp3) is 0.316. The van der Waals surface area contributed by atoms with Gasteiger partial charge in [-0.2, -0.15) is 0 Å². The van der Waals surface area contributed by atoms with Crippen molar-refractivity contribution >= 4 is 22.7 Å². The molecular weight excluding hydrogens is 346 g/mol. The van der Waals surface area contributed by atoms with Crippen LogP contribution in [0.1, 0.15) is 5.56 Å². The lowest BCUT2D eigenvalue weighted by atomic mass is 10.2. The lowest BCUT2D eigenvalue weighted by Gasteiger charge is -2.33. The highest BCUT2D eigenvalue weighted by Gasteiger charge is 2.33. The van der Waals surface area contributed by atoms with Crippen LogP contribution in [0.25, 0.3) is 16.6 Å². The molecule has 1 unspecified atom stereocenters. The SMILES string of the molecule is COC(=O)C1COCCN1c1nn(-c2ccc(CN)cc2)c2cnccc12. The Labute approximate surface area is 156 Å². The molecule has 0 aliphatic carbocycles. The smallest absolute Gasteiger partial charge is 0.330 e. The van der Waals surface area contributed by atoms with Crippen LogP contribution in [0.2, 0.25) is 0 Å². The molecule has 3 aromatic rings. The van der Waals surface area contributed by atoms with E-state index in [1.807, 2.05) is 39.9 Å². The third kappa shape index (κ3) is 3.13. The van der Waals surface area contributed by atoms with Crippen LogP contribution < -0.4 is 10.6 Å². The summed E-state index contributed by atoms with van der Waals surface area (Å²) in [6.45, 7) is 1.84. The number of rotatable bonds is 4. The van der Waals surface area contributed by atoms with Gasteiger partial charge in [-0.3, -0.25) is 4.98 Å². The summed E-state index contributed by atoms with van der Waals surface area (Å²) in [4.78, 5) is 18.4. The number of morpholine rings is 1. The molecule has 0 radical (unpaired) electrons. The minimum absolute atomic E-state index is 0.275. The first kappa shape index (κ1) is 17.4. The van der Waals surface area contributed by atoms with E-state index in [1.54, 1.807) is 12.4 Å². The standard InChI is InChI=1S/C19H21N5O3/c1-26-19(25)17-12-27-9-8-23(17)18-15-6-7-21-11-16(15)24(22-18)14-4-2-13(10-20)3-5-14/h2-7,11,17H,8-10,12,20H2,1H3. The van der Waals surface area contributed by atoms with Gasteiger partial charge in [0, 0.05) is 24.7 Å². The molecule has 0 spiro atoms. The minimum atomic E-state index is -0.525. The van der Waals surface area contributed by atoms with E-state index < -0.39 is 6.04 Å². The molecule has 8 nitrogen and oxygen atoms in total. The number of pyridine rings is 1. The van der Waals surface area contributed by atoms with Gasteiger partial charge in [-0.15, -0.1) is 5.10 Å². The van der Waals surface area contributed by atoms with Gasteiger partial charge in [-0.25, -0.2) is 9.48 Å². The maximum Gasteiger partial charge on any atom is 0.330 e. The average Bonchev–Trinajstić information content (AvgIpc) is 3.13. The second-order valence-electron chi connectivity index (χ2n) is 6.31. The summed E-state index contributed by atoms with van der Waals surface area (Å²) in [5, 5.41) is 5.73. The van der Waals surface area contributed by atoms with Gasteiger partial charge in [0.05, 0.1) is 37.7 Å². The lowest BCUT2D eigenvalue weighted by Crippen LogP contribution is -2.50. The molecule has 3 heterocycles. The molecule has 1 aliphatic heterocycles. The number of nitrogens with zero attached hydrogens (tertiary/aromatic N) is 4. The first-order valence-electron chi connectivity index (χ1n) is 8.77. The normalized spacial score (nSPS) is 17.3. The number of carbonyl (C=O) groups excluding carboxylic acids is 1. The quantitative estimate of drug-likeness (QED) is 0.694. The van der Waals surface area contributed by atoms with Crippen molar-refractivity contribution in [3.63, 3.8) is 0 Å². The number of anilines is 1. The molecular formula is C19H21N5O3. The van der Waals surface area contributed by atoms with Crippen molar-refractivity contribution in [1.29, 1.82) is 0 Å². The van der Waals surface area contributed by atoms with E-state index in [-0.39, 0.29) is 12.6 Å². The molecule has 4 rings (SSSR count). The van der Waals surface area contributed by atoms with Crippen molar-refractivity contribution < 1.29 is 14.3 Å². The van der Waals surface area contributed by atoms with Crippen molar-refractivity contribution in [2.45, 2.75) is 12.6 Å². The Bertz CT molecular complexity index is 954. The Morgan fingerprint density at radius 2 is 2.15 bits per heavy atom. The van der Waals surface area contributed by atoms with Gasteiger partial charge in [0.15, 0.2) is 11.9 Å². The summed E-state index contributed by atoms with van der Waals surface area (Å²) in [6.07, 6.45) is 3.50. The van der Waals surface area contributed by atoms with E-state index in [9.17, 15) is 4.79 Å². The van der Waals surface area contributed by atoms with E-state index in [0.717, 1.165) is 22.2 Å². The Balaban J connectivity index is 1.82. The number of fused-ring (bicyclic) bond motifs is 1. The Morgan fingerprint density at radius 1 is 1.33 bits per heavy atom. The largest absolute Gasteiger partial charge is 0.467 e. The van der Waals surface area contributed by atoms with Crippen LogP contribution in [0, 0.1) is 0 Å². The van der Waals surface area contributed by atoms with Crippen LogP contribution in [0.5, 0.6) is 0 Å². The second kappa shape index (κ2) is 7.34. The van der Waals surface area contributed by atoms with E-state index in [2.05, 4.69) is 4.98 Å². The third-order valence-corrected chi connectivity index (χ3v) is 4.75. The number of methoxy groups -OCH3 is 1.